The van der Waals surface area contributed by atoms with Crippen LogP contribution < -0.4 is 0 Å². The van der Waals surface area contributed by atoms with Gasteiger partial charge in [0, 0.05) is 11.1 Å². The van der Waals surface area contributed by atoms with Crippen LogP contribution in [-0.2, 0) is 6.18 Å². The van der Waals surface area contributed by atoms with E-state index >= 15 is 0 Å². The molecule has 0 spiro atoms. The first-order valence-electron chi connectivity index (χ1n) is 9.15. The minimum Gasteiger partial charge on any atom is -0.478 e. The van der Waals surface area contributed by atoms with Crippen molar-refractivity contribution in [2.45, 2.75) is 13.1 Å². The summed E-state index contributed by atoms with van der Waals surface area (Å²) in [4.78, 5) is 19.4. The molecule has 5 nitrogen and oxygen atoms in total. The van der Waals surface area contributed by atoms with E-state index in [2.05, 4.69) is 9.97 Å². The number of carboxylic acid groups (broad SMARTS) is 1. The van der Waals surface area contributed by atoms with Crippen LogP contribution in [0.4, 0.5) is 13.2 Å². The number of hydrogen-bond donors (Lipinski definition) is 1. The number of rotatable bonds is 4. The summed E-state index contributed by atoms with van der Waals surface area (Å²) < 4.78 is 45.3. The van der Waals surface area contributed by atoms with Gasteiger partial charge in [-0.3, -0.25) is 0 Å². The molecule has 1 N–H and O–H groups in total. The van der Waals surface area contributed by atoms with Gasteiger partial charge in [0.2, 0.25) is 0 Å². The molecule has 0 amide bonds. The number of carbonyl (C=O) groups is 1. The Morgan fingerprint density at radius 2 is 1.71 bits per heavy atom. The molecule has 0 unspecified atom stereocenters. The van der Waals surface area contributed by atoms with Crippen LogP contribution in [0.25, 0.3) is 33.8 Å². The van der Waals surface area contributed by atoms with Gasteiger partial charge in [-0.25, -0.2) is 14.8 Å². The third-order valence-electron chi connectivity index (χ3n) is 4.61. The van der Waals surface area contributed by atoms with Crippen molar-refractivity contribution in [3.63, 3.8) is 0 Å². The Morgan fingerprint density at radius 1 is 0.935 bits per heavy atom. The van der Waals surface area contributed by atoms with Gasteiger partial charge in [0.05, 0.1) is 23.8 Å². The van der Waals surface area contributed by atoms with Crippen molar-refractivity contribution in [1.29, 1.82) is 0 Å². The maximum Gasteiger partial charge on any atom is 0.433 e. The largest absolute Gasteiger partial charge is 0.478 e. The molecular weight excluding hydrogens is 409 g/mol. The molecule has 0 fully saturated rings. The van der Waals surface area contributed by atoms with E-state index in [0.717, 1.165) is 11.6 Å². The van der Waals surface area contributed by atoms with Gasteiger partial charge >= 0.3 is 12.1 Å². The molecule has 0 aliphatic heterocycles. The van der Waals surface area contributed by atoms with Gasteiger partial charge in [-0.2, -0.15) is 13.2 Å². The van der Waals surface area contributed by atoms with Crippen molar-refractivity contribution in [2.75, 3.05) is 0 Å². The van der Waals surface area contributed by atoms with Gasteiger partial charge in [-0.05, 0) is 53.9 Å². The zero-order valence-corrected chi connectivity index (χ0v) is 16.1. The predicted molar refractivity (Wildman–Crippen MR) is 107 cm³/mol. The van der Waals surface area contributed by atoms with Crippen LogP contribution in [0.1, 0.15) is 21.6 Å². The van der Waals surface area contributed by atoms with Crippen LogP contribution in [0, 0.1) is 6.92 Å². The number of furan rings is 1. The van der Waals surface area contributed by atoms with Gasteiger partial charge in [0.1, 0.15) is 5.69 Å². The topological polar surface area (TPSA) is 76.2 Å². The lowest BCUT2D eigenvalue weighted by Gasteiger charge is -2.11. The number of halogens is 3. The van der Waals surface area contributed by atoms with E-state index in [4.69, 9.17) is 4.42 Å². The highest BCUT2D eigenvalue weighted by Gasteiger charge is 2.34. The molecule has 2 aromatic carbocycles. The van der Waals surface area contributed by atoms with Crippen LogP contribution in [-0.4, -0.2) is 21.0 Å². The van der Waals surface area contributed by atoms with E-state index in [9.17, 15) is 23.1 Å². The first-order chi connectivity index (χ1) is 14.7. The smallest absolute Gasteiger partial charge is 0.433 e. The number of nitrogens with zero attached hydrogens (tertiary/aromatic N) is 2. The van der Waals surface area contributed by atoms with E-state index in [1.165, 1.54) is 24.7 Å². The highest BCUT2D eigenvalue weighted by Crippen LogP contribution is 2.33. The first-order valence-corrected chi connectivity index (χ1v) is 9.15. The zero-order chi connectivity index (χ0) is 22.2. The monoisotopic (exact) mass is 424 g/mol. The van der Waals surface area contributed by atoms with Crippen LogP contribution in [0.3, 0.4) is 0 Å². The summed E-state index contributed by atoms with van der Waals surface area (Å²) in [5.74, 6) is -1.16. The van der Waals surface area contributed by atoms with Crippen molar-refractivity contribution in [3.05, 3.63) is 83.9 Å². The number of carboxylic acids is 1. The summed E-state index contributed by atoms with van der Waals surface area (Å²) >= 11 is 0. The lowest BCUT2D eigenvalue weighted by Crippen LogP contribution is -2.10. The van der Waals surface area contributed by atoms with Crippen LogP contribution >= 0.6 is 0 Å². The Balaban J connectivity index is 1.85. The summed E-state index contributed by atoms with van der Waals surface area (Å²) in [6.07, 6.45) is -1.99. The second kappa shape index (κ2) is 7.71. The number of benzene rings is 2. The number of aromatic nitrogens is 2. The fraction of sp³-hybridized carbons (Fsp3) is 0.0870. The lowest BCUT2D eigenvalue weighted by molar-refractivity contribution is -0.141. The highest BCUT2D eigenvalue weighted by atomic mass is 19.4. The molecule has 0 atom stereocenters. The van der Waals surface area contributed by atoms with Crippen LogP contribution in [0.2, 0.25) is 0 Å². The molecule has 2 aromatic heterocycles. The second-order valence-corrected chi connectivity index (χ2v) is 6.95. The van der Waals surface area contributed by atoms with E-state index in [1.54, 1.807) is 43.3 Å². The Morgan fingerprint density at radius 3 is 2.39 bits per heavy atom. The molecule has 4 aromatic rings. The average Bonchev–Trinajstić information content (AvgIpc) is 3.27. The van der Waals surface area contributed by atoms with Crippen molar-refractivity contribution < 1.29 is 27.5 Å². The molecule has 2 heterocycles. The number of aryl methyl sites for hydroxylation is 1. The van der Waals surface area contributed by atoms with Crippen molar-refractivity contribution >= 4 is 5.97 Å². The minimum atomic E-state index is -4.65. The average molecular weight is 424 g/mol. The van der Waals surface area contributed by atoms with Gasteiger partial charge in [-0.15, -0.1) is 0 Å². The van der Waals surface area contributed by atoms with E-state index < -0.39 is 17.8 Å². The Kier molecular flexibility index (Phi) is 5.06. The quantitative estimate of drug-likeness (QED) is 0.429. The molecule has 156 valence electrons. The molecular formula is C23H15F3N2O3. The van der Waals surface area contributed by atoms with Gasteiger partial charge in [0.15, 0.2) is 5.82 Å². The molecule has 0 saturated carbocycles. The Hall–Kier alpha value is -3.94. The zero-order valence-electron chi connectivity index (χ0n) is 16.1. The normalized spacial score (nSPS) is 11.5. The summed E-state index contributed by atoms with van der Waals surface area (Å²) in [6, 6.07) is 13.9. The van der Waals surface area contributed by atoms with Gasteiger partial charge in [0.25, 0.3) is 0 Å². The summed E-state index contributed by atoms with van der Waals surface area (Å²) in [6.45, 7) is 1.77. The van der Waals surface area contributed by atoms with E-state index in [-0.39, 0.29) is 17.1 Å². The standard InChI is InChI=1S/C23H15F3N2O3/c1-13-7-17(10-18(8-13)22(29)30)14-3-2-4-15(9-14)21-27-19(16-5-6-31-12-16)11-20(28-21)23(24,25)26/h2-12H,1H3,(H,29,30). The number of aromatic carboxylic acids is 1. The third kappa shape index (κ3) is 4.32. The van der Waals surface area contributed by atoms with Crippen molar-refractivity contribution in [3.8, 4) is 33.8 Å². The second-order valence-electron chi connectivity index (χ2n) is 6.95. The molecule has 4 rings (SSSR count). The molecule has 31 heavy (non-hydrogen) atoms. The van der Waals surface area contributed by atoms with Crippen molar-refractivity contribution in [1.82, 2.24) is 9.97 Å². The van der Waals surface area contributed by atoms with Gasteiger partial charge in [-0.1, -0.05) is 24.3 Å². The summed E-state index contributed by atoms with van der Waals surface area (Å²) in [7, 11) is 0. The van der Waals surface area contributed by atoms with Crippen LogP contribution in [0.5, 0.6) is 0 Å². The molecule has 0 aliphatic carbocycles. The molecule has 0 radical (unpaired) electrons. The van der Waals surface area contributed by atoms with Gasteiger partial charge < -0.3 is 9.52 Å². The lowest BCUT2D eigenvalue weighted by atomic mass is 9.98. The fourth-order valence-corrected chi connectivity index (χ4v) is 3.19. The minimum absolute atomic E-state index is 0.0835. The summed E-state index contributed by atoms with van der Waals surface area (Å²) in [5.41, 5.74) is 1.91. The number of hydrogen-bond acceptors (Lipinski definition) is 4. The first kappa shape index (κ1) is 20.3. The maximum atomic E-state index is 13.4. The highest BCUT2D eigenvalue weighted by molar-refractivity contribution is 5.90. The third-order valence-corrected chi connectivity index (χ3v) is 4.61. The molecule has 8 heteroatoms. The maximum absolute atomic E-state index is 13.4. The number of alkyl halides is 3. The van der Waals surface area contributed by atoms with E-state index in [1.807, 2.05) is 0 Å². The van der Waals surface area contributed by atoms with Crippen molar-refractivity contribution in [2.24, 2.45) is 0 Å². The molecule has 0 saturated heterocycles. The molecule has 0 bridgehead atoms. The van der Waals surface area contributed by atoms with Crippen LogP contribution in [0.15, 0.2) is 71.5 Å². The Bertz CT molecular complexity index is 1270. The molecule has 0 aliphatic rings. The summed E-state index contributed by atoms with van der Waals surface area (Å²) in [5, 5.41) is 9.31. The Labute approximate surface area is 174 Å². The fourth-order valence-electron chi connectivity index (χ4n) is 3.19. The SMILES string of the molecule is Cc1cc(C(=O)O)cc(-c2cccc(-c3nc(-c4ccoc4)cc(C(F)(F)F)n3)c2)c1. The predicted octanol–water partition coefficient (Wildman–Crippen LogP) is 6.10. The van der Waals surface area contributed by atoms with E-state index in [0.29, 0.717) is 22.3 Å².